The number of carbonyl (C=O) groups excluding carboxylic acids is 1. The summed E-state index contributed by atoms with van der Waals surface area (Å²) >= 11 is 1.41. The molecule has 1 aliphatic carbocycles. The van der Waals surface area contributed by atoms with Gasteiger partial charge in [-0.15, -0.1) is 11.3 Å². The van der Waals surface area contributed by atoms with Gasteiger partial charge in [0.1, 0.15) is 10.9 Å². The van der Waals surface area contributed by atoms with E-state index in [4.69, 9.17) is 4.98 Å². The van der Waals surface area contributed by atoms with E-state index in [0.717, 1.165) is 35.0 Å². The van der Waals surface area contributed by atoms with Gasteiger partial charge in [-0.05, 0) is 53.9 Å². The van der Waals surface area contributed by atoms with Gasteiger partial charge in [-0.3, -0.25) is 4.79 Å². The Kier molecular flexibility index (Phi) is 5.62. The highest BCUT2D eigenvalue weighted by Crippen LogP contribution is 2.38. The zero-order valence-corrected chi connectivity index (χ0v) is 18.6. The van der Waals surface area contributed by atoms with Crippen molar-refractivity contribution in [2.24, 2.45) is 11.3 Å². The first kappa shape index (κ1) is 20.6. The van der Waals surface area contributed by atoms with Crippen LogP contribution in [0.25, 0.3) is 10.2 Å². The summed E-state index contributed by atoms with van der Waals surface area (Å²) in [5.41, 5.74) is 3.81. The summed E-state index contributed by atoms with van der Waals surface area (Å²) in [6.07, 6.45) is 3.71. The molecule has 2 heterocycles. The van der Waals surface area contributed by atoms with Crippen molar-refractivity contribution >= 4 is 27.5 Å². The van der Waals surface area contributed by atoms with E-state index in [1.165, 1.54) is 22.6 Å². The Labute approximate surface area is 182 Å². The van der Waals surface area contributed by atoms with E-state index in [1.54, 1.807) is 0 Å². The Morgan fingerprint density at radius 2 is 2.07 bits per heavy atom. The second kappa shape index (κ2) is 8.20. The molecule has 0 aliphatic heterocycles. The number of aryl methyl sites for hydroxylation is 1. The third-order valence-electron chi connectivity index (χ3n) is 6.07. The van der Waals surface area contributed by atoms with Crippen LogP contribution in [0.15, 0.2) is 42.5 Å². The molecule has 1 unspecified atom stereocenters. The van der Waals surface area contributed by atoms with Crippen molar-refractivity contribution in [2.45, 2.75) is 52.5 Å². The number of pyridine rings is 1. The summed E-state index contributed by atoms with van der Waals surface area (Å²) in [5.74, 6) is 0.450. The average molecular weight is 418 g/mol. The highest BCUT2D eigenvalue weighted by molar-refractivity contribution is 7.20. The van der Waals surface area contributed by atoms with Crippen LogP contribution in [0, 0.1) is 22.7 Å². The molecule has 154 valence electrons. The first-order valence-corrected chi connectivity index (χ1v) is 11.3. The molecule has 0 fully saturated rings. The Bertz CT molecular complexity index is 1110. The van der Waals surface area contributed by atoms with Gasteiger partial charge in [0.15, 0.2) is 0 Å². The Balaban J connectivity index is 1.52. The van der Waals surface area contributed by atoms with Gasteiger partial charge in [0.2, 0.25) is 0 Å². The highest BCUT2D eigenvalue weighted by Gasteiger charge is 2.29. The van der Waals surface area contributed by atoms with Crippen LogP contribution in [0.4, 0.5) is 0 Å². The summed E-state index contributed by atoms with van der Waals surface area (Å²) < 4.78 is 0. The van der Waals surface area contributed by atoms with Crippen molar-refractivity contribution < 1.29 is 4.79 Å². The van der Waals surface area contributed by atoms with Crippen LogP contribution in [0.5, 0.6) is 0 Å². The fourth-order valence-electron chi connectivity index (χ4n) is 4.18. The lowest BCUT2D eigenvalue weighted by atomic mass is 9.71. The average Bonchev–Trinajstić information content (AvgIpc) is 3.14. The molecule has 1 aliphatic rings. The normalized spacial score (nSPS) is 17.2. The van der Waals surface area contributed by atoms with Crippen molar-refractivity contribution in [3.8, 4) is 6.07 Å². The molecule has 1 N–H and O–H groups in total. The van der Waals surface area contributed by atoms with Crippen molar-refractivity contribution in [3.63, 3.8) is 0 Å². The lowest BCUT2D eigenvalue weighted by molar-refractivity contribution is 0.0949. The highest BCUT2D eigenvalue weighted by atomic mass is 32.1. The molecule has 30 heavy (non-hydrogen) atoms. The maximum atomic E-state index is 12.8. The summed E-state index contributed by atoms with van der Waals surface area (Å²) in [4.78, 5) is 19.2. The lowest BCUT2D eigenvalue weighted by Gasteiger charge is -2.34. The van der Waals surface area contributed by atoms with Crippen LogP contribution in [0.2, 0.25) is 0 Å². The number of rotatable bonds is 4. The van der Waals surface area contributed by atoms with Gasteiger partial charge in [0, 0.05) is 17.5 Å². The monoisotopic (exact) mass is 417 g/mol. The molecule has 1 amide bonds. The van der Waals surface area contributed by atoms with E-state index in [1.807, 2.05) is 36.4 Å². The van der Waals surface area contributed by atoms with Gasteiger partial charge >= 0.3 is 0 Å². The summed E-state index contributed by atoms with van der Waals surface area (Å²) in [6.45, 7) is 6.92. The number of amides is 1. The minimum atomic E-state index is -0.557. The molecular weight excluding hydrogens is 390 g/mol. The molecule has 1 aromatic carbocycles. The molecule has 4 rings (SSSR count). The maximum Gasteiger partial charge on any atom is 0.262 e. The second-order valence-electron chi connectivity index (χ2n) is 9.25. The predicted molar refractivity (Wildman–Crippen MR) is 122 cm³/mol. The smallest absolute Gasteiger partial charge is 0.262 e. The quantitative estimate of drug-likeness (QED) is 0.625. The fourth-order valence-corrected chi connectivity index (χ4v) is 5.12. The number of nitrogens with one attached hydrogen (secondary N) is 1. The zero-order valence-electron chi connectivity index (χ0n) is 17.7. The lowest BCUT2D eigenvalue weighted by Crippen LogP contribution is -2.34. The standard InChI is InChI=1S/C25H27N3OS/c1-25(2,3)19-9-10-21-17(13-19)12-18-14-22(30-24(18)28-21)23(29)27-20(15-26)11-16-7-5-4-6-8-16/h4-8,12,14,19-20H,9-11,13H2,1-3H3,(H,27,29)/t19?,20-/m0/s1. The number of hydrogen-bond donors (Lipinski definition) is 1. The van der Waals surface area contributed by atoms with Crippen molar-refractivity contribution in [1.29, 1.82) is 5.26 Å². The molecule has 0 radical (unpaired) electrons. The second-order valence-corrected chi connectivity index (χ2v) is 10.3. The summed E-state index contributed by atoms with van der Waals surface area (Å²) in [6, 6.07) is 15.5. The van der Waals surface area contributed by atoms with Gasteiger partial charge in [0.25, 0.3) is 5.91 Å². The molecule has 2 aromatic heterocycles. The van der Waals surface area contributed by atoms with Crippen LogP contribution in [-0.2, 0) is 19.3 Å². The minimum absolute atomic E-state index is 0.203. The van der Waals surface area contributed by atoms with Crippen molar-refractivity contribution in [1.82, 2.24) is 10.3 Å². The van der Waals surface area contributed by atoms with Crippen LogP contribution < -0.4 is 5.32 Å². The Morgan fingerprint density at radius 3 is 2.77 bits per heavy atom. The number of hydrogen-bond acceptors (Lipinski definition) is 4. The van der Waals surface area contributed by atoms with Crippen LogP contribution in [0.3, 0.4) is 0 Å². The van der Waals surface area contributed by atoms with Gasteiger partial charge in [-0.2, -0.15) is 5.26 Å². The first-order valence-electron chi connectivity index (χ1n) is 10.5. The summed E-state index contributed by atoms with van der Waals surface area (Å²) in [5, 5.41) is 13.4. The number of fused-ring (bicyclic) bond motifs is 2. The van der Waals surface area contributed by atoms with E-state index in [9.17, 15) is 10.1 Å². The van der Waals surface area contributed by atoms with E-state index < -0.39 is 6.04 Å². The molecular formula is C25H27N3OS. The van der Waals surface area contributed by atoms with Gasteiger partial charge in [-0.25, -0.2) is 4.98 Å². The number of carbonyl (C=O) groups is 1. The third kappa shape index (κ3) is 4.39. The van der Waals surface area contributed by atoms with Crippen LogP contribution in [0.1, 0.15) is 53.7 Å². The van der Waals surface area contributed by atoms with Crippen molar-refractivity contribution in [3.05, 3.63) is 64.2 Å². The topological polar surface area (TPSA) is 65.8 Å². The van der Waals surface area contributed by atoms with E-state index >= 15 is 0 Å². The van der Waals surface area contributed by atoms with E-state index in [-0.39, 0.29) is 11.3 Å². The summed E-state index contributed by atoms with van der Waals surface area (Å²) in [7, 11) is 0. The fraction of sp³-hybridized carbons (Fsp3) is 0.400. The van der Waals surface area contributed by atoms with Gasteiger partial charge in [0.05, 0.1) is 10.9 Å². The molecule has 2 atom stereocenters. The Morgan fingerprint density at radius 1 is 1.30 bits per heavy atom. The molecule has 3 aromatic rings. The molecule has 0 bridgehead atoms. The third-order valence-corrected chi connectivity index (χ3v) is 7.11. The number of benzene rings is 1. The van der Waals surface area contributed by atoms with E-state index in [2.05, 4.69) is 38.2 Å². The molecule has 4 nitrogen and oxygen atoms in total. The maximum absolute atomic E-state index is 12.8. The molecule has 5 heteroatoms. The molecule has 0 saturated heterocycles. The van der Waals surface area contributed by atoms with Crippen LogP contribution in [-0.4, -0.2) is 16.9 Å². The predicted octanol–water partition coefficient (Wildman–Crippen LogP) is 5.31. The van der Waals surface area contributed by atoms with Crippen molar-refractivity contribution in [2.75, 3.05) is 0 Å². The van der Waals surface area contributed by atoms with E-state index in [0.29, 0.717) is 17.2 Å². The van der Waals surface area contributed by atoms with Crippen LogP contribution >= 0.6 is 11.3 Å². The number of aromatic nitrogens is 1. The van der Waals surface area contributed by atoms with Gasteiger partial charge < -0.3 is 5.32 Å². The molecule has 0 spiro atoms. The molecule has 0 saturated carbocycles. The zero-order chi connectivity index (χ0) is 21.3. The van der Waals surface area contributed by atoms with Gasteiger partial charge in [-0.1, -0.05) is 51.1 Å². The number of nitriles is 1. The SMILES string of the molecule is CC(C)(C)C1CCc2nc3sc(C(=O)N[C@H](C#N)Cc4ccccc4)cc3cc2C1. The largest absolute Gasteiger partial charge is 0.335 e. The number of nitrogens with zero attached hydrogens (tertiary/aromatic N) is 2. The Hall–Kier alpha value is -2.71. The minimum Gasteiger partial charge on any atom is -0.335 e. The number of thiophene rings is 1. The first-order chi connectivity index (χ1) is 14.3.